The van der Waals surface area contributed by atoms with Gasteiger partial charge in [-0.3, -0.25) is 4.98 Å². The maximum absolute atomic E-state index is 12.2. The molecule has 1 heterocycles. The number of pyridine rings is 1. The summed E-state index contributed by atoms with van der Waals surface area (Å²) in [4.78, 5) is 4.69. The number of benzene rings is 3. The largest absolute Gasteiger partial charge is 0.457 e. The minimum Gasteiger partial charge on any atom is -0.457 e. The van der Waals surface area contributed by atoms with Crippen LogP contribution in [0.25, 0.3) is 22.0 Å². The smallest absolute Gasteiger partial charge is 0.178 e. The van der Waals surface area contributed by atoms with Crippen LogP contribution in [0.4, 0.5) is 0 Å². The summed E-state index contributed by atoms with van der Waals surface area (Å²) in [5.41, 5.74) is 2.04. The zero-order chi connectivity index (χ0) is 22.9. The molecule has 32 heavy (non-hydrogen) atoms. The molecule has 0 atom stereocenters. The molecule has 0 spiro atoms. The predicted octanol–water partition coefficient (Wildman–Crippen LogP) is 4.89. The van der Waals surface area contributed by atoms with Crippen molar-refractivity contribution in [1.29, 1.82) is 0 Å². The van der Waals surface area contributed by atoms with Gasteiger partial charge in [-0.15, -0.1) is 0 Å². The van der Waals surface area contributed by atoms with Gasteiger partial charge < -0.3 is 4.74 Å². The highest BCUT2D eigenvalue weighted by molar-refractivity contribution is 7.91. The van der Waals surface area contributed by atoms with Gasteiger partial charge in [0.15, 0.2) is 19.7 Å². The summed E-state index contributed by atoms with van der Waals surface area (Å²) < 4.78 is 54.6. The van der Waals surface area contributed by atoms with Gasteiger partial charge in [0.1, 0.15) is 11.5 Å². The number of ether oxygens (including phenoxy) is 1. The molecular weight excluding hydrogens is 446 g/mol. The average molecular weight is 468 g/mol. The lowest BCUT2D eigenvalue weighted by Gasteiger charge is -2.12. The number of fused-ring (bicyclic) bond motifs is 1. The standard InChI is InChI=1S/C24H21NO5S2/c1-3-32(28,29)20-10-5-9-19(16-20)30-18-8-4-7-17(15-18)21-13-14-25-24-22(21)11-6-12-23(24)31(2,26)27/h4-16H,3H2,1-2H3. The Morgan fingerprint density at radius 2 is 1.53 bits per heavy atom. The second-order valence-electron chi connectivity index (χ2n) is 7.29. The Morgan fingerprint density at radius 3 is 2.25 bits per heavy atom. The fourth-order valence-electron chi connectivity index (χ4n) is 3.46. The van der Waals surface area contributed by atoms with Gasteiger partial charge in [-0.1, -0.05) is 37.3 Å². The van der Waals surface area contributed by atoms with Crippen molar-refractivity contribution in [2.24, 2.45) is 0 Å². The molecule has 0 fully saturated rings. The van der Waals surface area contributed by atoms with E-state index in [1.54, 1.807) is 49.5 Å². The Morgan fingerprint density at radius 1 is 0.844 bits per heavy atom. The first-order chi connectivity index (χ1) is 15.2. The molecule has 0 unspecified atom stereocenters. The molecule has 1 aromatic heterocycles. The van der Waals surface area contributed by atoms with Crippen LogP contribution >= 0.6 is 0 Å². The minimum atomic E-state index is -3.43. The second kappa shape index (κ2) is 8.37. The van der Waals surface area contributed by atoms with Gasteiger partial charge >= 0.3 is 0 Å². The molecule has 0 bridgehead atoms. The van der Waals surface area contributed by atoms with Crippen molar-refractivity contribution in [2.45, 2.75) is 16.7 Å². The zero-order valence-electron chi connectivity index (χ0n) is 17.5. The molecule has 0 radical (unpaired) electrons. The monoisotopic (exact) mass is 467 g/mol. The lowest BCUT2D eigenvalue weighted by molar-refractivity contribution is 0.481. The third-order valence-corrected chi connectivity index (χ3v) is 7.92. The summed E-state index contributed by atoms with van der Waals surface area (Å²) in [5, 5.41) is 0.712. The van der Waals surface area contributed by atoms with E-state index in [2.05, 4.69) is 4.98 Å². The van der Waals surface area contributed by atoms with Crippen LogP contribution in [0.5, 0.6) is 11.5 Å². The number of sulfone groups is 2. The highest BCUT2D eigenvalue weighted by Gasteiger charge is 2.16. The van der Waals surface area contributed by atoms with Crippen molar-refractivity contribution >= 4 is 30.6 Å². The molecule has 0 amide bonds. The first-order valence-electron chi connectivity index (χ1n) is 9.88. The van der Waals surface area contributed by atoms with Crippen molar-refractivity contribution in [2.75, 3.05) is 12.0 Å². The van der Waals surface area contributed by atoms with E-state index in [1.807, 2.05) is 30.3 Å². The van der Waals surface area contributed by atoms with E-state index in [0.29, 0.717) is 22.4 Å². The summed E-state index contributed by atoms with van der Waals surface area (Å²) >= 11 is 0. The highest BCUT2D eigenvalue weighted by atomic mass is 32.2. The van der Waals surface area contributed by atoms with E-state index in [0.717, 1.165) is 17.4 Å². The number of aromatic nitrogens is 1. The lowest BCUT2D eigenvalue weighted by atomic mass is 10.0. The van der Waals surface area contributed by atoms with Gasteiger partial charge in [0.05, 0.1) is 21.1 Å². The second-order valence-corrected chi connectivity index (χ2v) is 11.6. The van der Waals surface area contributed by atoms with Gasteiger partial charge in [-0.2, -0.15) is 0 Å². The fourth-order valence-corrected chi connectivity index (χ4v) is 5.22. The zero-order valence-corrected chi connectivity index (χ0v) is 19.2. The average Bonchev–Trinajstić information content (AvgIpc) is 2.78. The van der Waals surface area contributed by atoms with E-state index < -0.39 is 19.7 Å². The van der Waals surface area contributed by atoms with Crippen LogP contribution in [-0.4, -0.2) is 33.8 Å². The van der Waals surface area contributed by atoms with Gasteiger partial charge in [0, 0.05) is 17.8 Å². The quantitative estimate of drug-likeness (QED) is 0.401. The van der Waals surface area contributed by atoms with Crippen molar-refractivity contribution in [3.05, 3.63) is 79.0 Å². The maximum atomic E-state index is 12.2. The van der Waals surface area contributed by atoms with E-state index in [4.69, 9.17) is 4.74 Å². The van der Waals surface area contributed by atoms with Crippen LogP contribution in [0.1, 0.15) is 6.92 Å². The topological polar surface area (TPSA) is 90.4 Å². The molecule has 0 N–H and O–H groups in total. The summed E-state index contributed by atoms with van der Waals surface area (Å²) in [6, 6.07) is 20.6. The van der Waals surface area contributed by atoms with Crippen LogP contribution < -0.4 is 4.74 Å². The summed E-state index contributed by atoms with van der Waals surface area (Å²) in [7, 11) is -6.77. The van der Waals surface area contributed by atoms with Gasteiger partial charge in [0.25, 0.3) is 0 Å². The Kier molecular flexibility index (Phi) is 5.75. The number of hydrogen-bond acceptors (Lipinski definition) is 6. The van der Waals surface area contributed by atoms with E-state index in [-0.39, 0.29) is 15.5 Å². The van der Waals surface area contributed by atoms with Crippen LogP contribution in [0.15, 0.2) is 88.8 Å². The maximum Gasteiger partial charge on any atom is 0.178 e. The first-order valence-corrected chi connectivity index (χ1v) is 13.4. The molecule has 164 valence electrons. The normalized spacial score (nSPS) is 12.1. The molecule has 3 aromatic carbocycles. The highest BCUT2D eigenvalue weighted by Crippen LogP contribution is 2.33. The minimum absolute atomic E-state index is 0.0104. The third-order valence-electron chi connectivity index (χ3n) is 5.06. The van der Waals surface area contributed by atoms with E-state index in [1.165, 1.54) is 6.07 Å². The molecule has 4 rings (SSSR count). The van der Waals surface area contributed by atoms with Crippen LogP contribution in [0.2, 0.25) is 0 Å². The summed E-state index contributed by atoms with van der Waals surface area (Å²) in [5.74, 6) is 0.949. The van der Waals surface area contributed by atoms with Crippen LogP contribution in [-0.2, 0) is 19.7 Å². The molecule has 0 aliphatic carbocycles. The third kappa shape index (κ3) is 4.37. The predicted molar refractivity (Wildman–Crippen MR) is 125 cm³/mol. The molecule has 6 nitrogen and oxygen atoms in total. The number of rotatable bonds is 6. The van der Waals surface area contributed by atoms with Crippen LogP contribution in [0.3, 0.4) is 0 Å². The van der Waals surface area contributed by atoms with E-state index >= 15 is 0 Å². The van der Waals surface area contributed by atoms with Gasteiger partial charge in [-0.05, 0) is 53.6 Å². The molecule has 0 saturated carbocycles. The van der Waals surface area contributed by atoms with Crippen molar-refractivity contribution in [1.82, 2.24) is 4.98 Å². The molecule has 4 aromatic rings. The van der Waals surface area contributed by atoms with Gasteiger partial charge in [-0.25, -0.2) is 16.8 Å². The van der Waals surface area contributed by atoms with Crippen molar-refractivity contribution in [3.63, 3.8) is 0 Å². The Hall–Kier alpha value is -3.23. The summed E-state index contributed by atoms with van der Waals surface area (Å²) in [6.07, 6.45) is 2.75. The Bertz CT molecular complexity index is 1530. The number of nitrogens with zero attached hydrogens (tertiary/aromatic N) is 1. The first kappa shape index (κ1) is 22.0. The van der Waals surface area contributed by atoms with Crippen LogP contribution in [0, 0.1) is 0 Å². The van der Waals surface area contributed by atoms with Gasteiger partial charge in [0.2, 0.25) is 0 Å². The number of hydrogen-bond donors (Lipinski definition) is 0. The molecule has 0 aliphatic heterocycles. The lowest BCUT2D eigenvalue weighted by Crippen LogP contribution is -2.03. The molecule has 8 heteroatoms. The Balaban J connectivity index is 1.75. The fraction of sp³-hybridized carbons (Fsp3) is 0.125. The Labute approximate surface area is 187 Å². The van der Waals surface area contributed by atoms with E-state index in [9.17, 15) is 16.8 Å². The summed E-state index contributed by atoms with van der Waals surface area (Å²) in [6.45, 7) is 1.60. The molecule has 0 saturated heterocycles. The molecule has 0 aliphatic rings. The van der Waals surface area contributed by atoms with Crippen molar-refractivity contribution < 1.29 is 21.6 Å². The van der Waals surface area contributed by atoms with Crippen molar-refractivity contribution in [3.8, 4) is 22.6 Å². The molecular formula is C24H21NO5S2. The SMILES string of the molecule is CCS(=O)(=O)c1cccc(Oc2cccc(-c3ccnc4c(S(C)(=O)=O)cccc34)c2)c1. The number of para-hydroxylation sites is 1.